The van der Waals surface area contributed by atoms with E-state index in [2.05, 4.69) is 4.99 Å². The molecule has 1 heterocycles. The Morgan fingerprint density at radius 1 is 1.19 bits per heavy atom. The van der Waals surface area contributed by atoms with E-state index in [-0.39, 0.29) is 11.9 Å². The largest absolute Gasteiger partial charge is 0.465 e. The van der Waals surface area contributed by atoms with Gasteiger partial charge in [0.25, 0.3) is 5.91 Å². The number of thiazole rings is 1. The highest BCUT2D eigenvalue weighted by molar-refractivity contribution is 7.98. The van der Waals surface area contributed by atoms with Crippen molar-refractivity contribution in [3.63, 3.8) is 0 Å². The van der Waals surface area contributed by atoms with Gasteiger partial charge in [-0.1, -0.05) is 17.4 Å². The van der Waals surface area contributed by atoms with Crippen molar-refractivity contribution in [3.05, 3.63) is 58.4 Å². The third-order valence-electron chi connectivity index (χ3n) is 3.93. The summed E-state index contributed by atoms with van der Waals surface area (Å²) in [4.78, 5) is 30.3. The van der Waals surface area contributed by atoms with Gasteiger partial charge >= 0.3 is 5.97 Å². The summed E-state index contributed by atoms with van der Waals surface area (Å²) in [5.74, 6) is -0.658. The number of rotatable bonds is 4. The molecule has 3 aromatic rings. The van der Waals surface area contributed by atoms with Crippen molar-refractivity contribution < 1.29 is 14.3 Å². The van der Waals surface area contributed by atoms with Gasteiger partial charge in [-0.2, -0.15) is 4.99 Å². The Balaban J connectivity index is 2.09. The van der Waals surface area contributed by atoms with Gasteiger partial charge in [0, 0.05) is 17.0 Å². The van der Waals surface area contributed by atoms with Crippen LogP contribution in [0.15, 0.2) is 52.4 Å². The number of esters is 1. The first-order chi connectivity index (χ1) is 12.6. The average molecular weight is 386 g/mol. The molecule has 0 aliphatic carbocycles. The molecule has 0 spiro atoms. The maximum Gasteiger partial charge on any atom is 0.337 e. The van der Waals surface area contributed by atoms with E-state index < -0.39 is 0 Å². The zero-order chi connectivity index (χ0) is 18.7. The fraction of sp³-hybridized carbons (Fsp3) is 0.211. The molecule has 0 fully saturated rings. The van der Waals surface area contributed by atoms with E-state index in [0.717, 1.165) is 15.1 Å². The Morgan fingerprint density at radius 3 is 2.69 bits per heavy atom. The molecule has 0 radical (unpaired) electrons. The summed E-state index contributed by atoms with van der Waals surface area (Å²) in [5.41, 5.74) is 1.98. The molecule has 0 saturated carbocycles. The summed E-state index contributed by atoms with van der Waals surface area (Å²) in [5, 5.41) is 0. The van der Waals surface area contributed by atoms with Crippen molar-refractivity contribution in [3.8, 4) is 0 Å². The summed E-state index contributed by atoms with van der Waals surface area (Å²) in [7, 11) is 1.36. The van der Waals surface area contributed by atoms with Gasteiger partial charge in [-0.3, -0.25) is 4.79 Å². The second-order valence-corrected chi connectivity index (χ2v) is 7.34. The molecule has 3 rings (SSSR count). The molecule has 0 aliphatic rings. The van der Waals surface area contributed by atoms with E-state index in [1.165, 1.54) is 18.4 Å². The molecule has 0 bridgehead atoms. The molecule has 26 heavy (non-hydrogen) atoms. The van der Waals surface area contributed by atoms with E-state index >= 15 is 0 Å². The monoisotopic (exact) mass is 386 g/mol. The number of thioether (sulfide) groups is 1. The molecule has 0 unspecified atom stereocenters. The van der Waals surface area contributed by atoms with Crippen molar-refractivity contribution in [2.24, 2.45) is 4.99 Å². The Kier molecular flexibility index (Phi) is 5.58. The molecule has 2 aromatic carbocycles. The first kappa shape index (κ1) is 18.4. The second kappa shape index (κ2) is 7.88. The zero-order valence-corrected chi connectivity index (χ0v) is 16.3. The normalized spacial score (nSPS) is 11.7. The smallest absolute Gasteiger partial charge is 0.337 e. The molecule has 5 nitrogen and oxygen atoms in total. The number of carbonyl (C=O) groups is 2. The highest BCUT2D eigenvalue weighted by atomic mass is 32.2. The zero-order valence-electron chi connectivity index (χ0n) is 14.7. The van der Waals surface area contributed by atoms with Crippen molar-refractivity contribution in [1.29, 1.82) is 0 Å². The van der Waals surface area contributed by atoms with Crippen LogP contribution < -0.4 is 4.80 Å². The molecule has 1 aromatic heterocycles. The van der Waals surface area contributed by atoms with Crippen LogP contribution in [0.1, 0.15) is 27.6 Å². The van der Waals surface area contributed by atoms with Gasteiger partial charge in [-0.15, -0.1) is 11.8 Å². The topological polar surface area (TPSA) is 60.7 Å². The highest BCUT2D eigenvalue weighted by Crippen LogP contribution is 2.20. The van der Waals surface area contributed by atoms with Crippen LogP contribution in [-0.2, 0) is 11.3 Å². The van der Waals surface area contributed by atoms with Crippen LogP contribution in [-0.4, -0.2) is 29.8 Å². The van der Waals surface area contributed by atoms with Crippen LogP contribution in [0.4, 0.5) is 0 Å². The van der Waals surface area contributed by atoms with E-state index in [0.29, 0.717) is 22.5 Å². The lowest BCUT2D eigenvalue weighted by atomic mass is 10.2. The number of amides is 1. The Hall–Kier alpha value is -2.38. The molecular formula is C19H18N2O3S2. The molecule has 0 atom stereocenters. The lowest BCUT2D eigenvalue weighted by molar-refractivity contribution is 0.0601. The minimum atomic E-state index is -0.383. The number of methoxy groups -OCH3 is 1. The Labute approximate surface area is 159 Å². The molecule has 0 aliphatic heterocycles. The van der Waals surface area contributed by atoms with E-state index in [1.54, 1.807) is 30.0 Å². The molecule has 1 amide bonds. The summed E-state index contributed by atoms with van der Waals surface area (Å²) in [6.45, 7) is 2.67. The summed E-state index contributed by atoms with van der Waals surface area (Å²) < 4.78 is 7.63. The van der Waals surface area contributed by atoms with Crippen molar-refractivity contribution in [1.82, 2.24) is 4.57 Å². The minimum Gasteiger partial charge on any atom is -0.465 e. The fourth-order valence-corrected chi connectivity index (χ4v) is 4.21. The molecular weight excluding hydrogens is 368 g/mol. The third kappa shape index (κ3) is 3.59. The number of ether oxygens (including phenoxy) is 1. The van der Waals surface area contributed by atoms with E-state index in [4.69, 9.17) is 4.74 Å². The van der Waals surface area contributed by atoms with Crippen molar-refractivity contribution >= 4 is 45.2 Å². The van der Waals surface area contributed by atoms with Crippen LogP contribution in [0.2, 0.25) is 0 Å². The van der Waals surface area contributed by atoms with E-state index in [9.17, 15) is 9.59 Å². The van der Waals surface area contributed by atoms with Gasteiger partial charge in [0.05, 0.1) is 22.9 Å². The van der Waals surface area contributed by atoms with Gasteiger partial charge in [0.15, 0.2) is 4.80 Å². The highest BCUT2D eigenvalue weighted by Gasteiger charge is 2.12. The Morgan fingerprint density at radius 2 is 2.00 bits per heavy atom. The first-order valence-electron chi connectivity index (χ1n) is 8.02. The summed E-state index contributed by atoms with van der Waals surface area (Å²) in [6.07, 6.45) is 1.97. The van der Waals surface area contributed by atoms with Gasteiger partial charge in [-0.05, 0) is 49.6 Å². The van der Waals surface area contributed by atoms with E-state index in [1.807, 2.05) is 42.0 Å². The van der Waals surface area contributed by atoms with Crippen molar-refractivity contribution in [2.45, 2.75) is 18.4 Å². The molecule has 0 N–H and O–H groups in total. The number of fused-ring (bicyclic) bond motifs is 1. The third-order valence-corrected chi connectivity index (χ3v) is 5.70. The van der Waals surface area contributed by atoms with Gasteiger partial charge < -0.3 is 9.30 Å². The average Bonchev–Trinajstić information content (AvgIpc) is 3.03. The molecule has 7 heteroatoms. The number of aryl methyl sites for hydroxylation is 1. The summed E-state index contributed by atoms with van der Waals surface area (Å²) >= 11 is 2.97. The van der Waals surface area contributed by atoms with Gasteiger partial charge in [-0.25, -0.2) is 4.79 Å². The number of hydrogen-bond donors (Lipinski definition) is 0. The lowest BCUT2D eigenvalue weighted by Crippen LogP contribution is -2.15. The SMILES string of the molecule is CCn1c(=NC(=O)c2cccc(SC)c2)sc2cc(C(=O)OC)ccc21. The van der Waals surface area contributed by atoms with Crippen LogP contribution in [0.5, 0.6) is 0 Å². The van der Waals surface area contributed by atoms with Crippen LogP contribution in [0.25, 0.3) is 10.2 Å². The van der Waals surface area contributed by atoms with Crippen LogP contribution in [0, 0.1) is 0 Å². The number of nitrogens with zero attached hydrogens (tertiary/aromatic N) is 2. The van der Waals surface area contributed by atoms with Gasteiger partial charge in [0.1, 0.15) is 0 Å². The second-order valence-electron chi connectivity index (χ2n) is 5.45. The number of aromatic nitrogens is 1. The van der Waals surface area contributed by atoms with Crippen LogP contribution in [0.3, 0.4) is 0 Å². The number of carbonyl (C=O) groups excluding carboxylic acids is 2. The fourth-order valence-electron chi connectivity index (χ4n) is 2.62. The predicted molar refractivity (Wildman–Crippen MR) is 105 cm³/mol. The first-order valence-corrected chi connectivity index (χ1v) is 10.1. The van der Waals surface area contributed by atoms with Crippen LogP contribution >= 0.6 is 23.1 Å². The number of hydrogen-bond acceptors (Lipinski definition) is 5. The standard InChI is InChI=1S/C19H18N2O3S2/c1-4-21-15-9-8-13(18(23)24-2)11-16(15)26-19(21)20-17(22)12-6-5-7-14(10-12)25-3/h5-11H,4H2,1-3H3. The van der Waals surface area contributed by atoms with Crippen molar-refractivity contribution in [2.75, 3.05) is 13.4 Å². The number of benzene rings is 2. The molecule has 134 valence electrons. The predicted octanol–water partition coefficient (Wildman–Crippen LogP) is 3.97. The lowest BCUT2D eigenvalue weighted by Gasteiger charge is -2.02. The summed E-state index contributed by atoms with van der Waals surface area (Å²) in [6, 6.07) is 12.8. The Bertz CT molecular complexity index is 1050. The maximum absolute atomic E-state index is 12.6. The van der Waals surface area contributed by atoms with Gasteiger partial charge in [0.2, 0.25) is 0 Å². The molecule has 0 saturated heterocycles. The minimum absolute atomic E-state index is 0.275. The quantitative estimate of drug-likeness (QED) is 0.503. The maximum atomic E-state index is 12.6.